The maximum atomic E-state index is 12.5. The van der Waals surface area contributed by atoms with Crippen LogP contribution in [0.4, 0.5) is 0 Å². The third kappa shape index (κ3) is 8.98. The topological polar surface area (TPSA) is 72.4 Å². The second kappa shape index (κ2) is 14.2. The molecule has 6 nitrogen and oxygen atoms in total. The summed E-state index contributed by atoms with van der Waals surface area (Å²) in [6.07, 6.45) is 17.4. The molecular formula is C35H49N3O3. The van der Waals surface area contributed by atoms with E-state index in [9.17, 15) is 9.59 Å². The Labute approximate surface area is 247 Å². The van der Waals surface area contributed by atoms with Gasteiger partial charge < -0.3 is 9.64 Å². The normalized spacial score (nSPS) is 18.4. The summed E-state index contributed by atoms with van der Waals surface area (Å²) in [6, 6.07) is 8.34. The molecule has 222 valence electrons. The Morgan fingerprint density at radius 1 is 1.02 bits per heavy atom. The summed E-state index contributed by atoms with van der Waals surface area (Å²) in [5, 5.41) is 0. The average molecular weight is 560 g/mol. The largest absolute Gasteiger partial charge is 0.460 e. The van der Waals surface area contributed by atoms with Gasteiger partial charge in [0.15, 0.2) is 5.82 Å². The number of aryl methyl sites for hydroxylation is 1. The third-order valence-corrected chi connectivity index (χ3v) is 8.58. The van der Waals surface area contributed by atoms with Crippen LogP contribution in [0.3, 0.4) is 0 Å². The highest BCUT2D eigenvalue weighted by Gasteiger charge is 2.37. The smallest absolute Gasteiger partial charge is 0.313 e. The van der Waals surface area contributed by atoms with Crippen molar-refractivity contribution in [3.05, 3.63) is 53.9 Å². The predicted molar refractivity (Wildman–Crippen MR) is 165 cm³/mol. The van der Waals surface area contributed by atoms with E-state index in [0.29, 0.717) is 19.5 Å². The van der Waals surface area contributed by atoms with Crippen molar-refractivity contribution in [1.82, 2.24) is 14.9 Å². The van der Waals surface area contributed by atoms with Crippen LogP contribution in [-0.2, 0) is 20.7 Å². The molecule has 0 radical (unpaired) electrons. The molecule has 1 unspecified atom stereocenters. The first-order valence-electron chi connectivity index (χ1n) is 15.7. The van der Waals surface area contributed by atoms with E-state index in [1.807, 2.05) is 33.2 Å². The fourth-order valence-electron chi connectivity index (χ4n) is 5.87. The van der Waals surface area contributed by atoms with Gasteiger partial charge in [-0.3, -0.25) is 9.59 Å². The van der Waals surface area contributed by atoms with Gasteiger partial charge >= 0.3 is 5.97 Å². The summed E-state index contributed by atoms with van der Waals surface area (Å²) in [4.78, 5) is 35.7. The molecule has 4 rings (SSSR count). The van der Waals surface area contributed by atoms with Gasteiger partial charge in [0.25, 0.3) is 0 Å². The maximum Gasteiger partial charge on any atom is 0.313 e. The number of nitrogens with zero attached hydrogens (tertiary/aromatic N) is 3. The van der Waals surface area contributed by atoms with Crippen LogP contribution in [0.15, 0.2) is 42.7 Å². The summed E-state index contributed by atoms with van der Waals surface area (Å²) in [5.41, 5.74) is 4.24. The van der Waals surface area contributed by atoms with Crippen molar-refractivity contribution in [1.29, 1.82) is 0 Å². The molecule has 2 heterocycles. The summed E-state index contributed by atoms with van der Waals surface area (Å²) in [5.74, 6) is 2.07. The number of likely N-dealkylation sites (tertiary alicyclic amines) is 1. The van der Waals surface area contributed by atoms with E-state index in [1.54, 1.807) is 4.90 Å². The summed E-state index contributed by atoms with van der Waals surface area (Å²) >= 11 is 0. The van der Waals surface area contributed by atoms with Crippen molar-refractivity contribution in [3.63, 3.8) is 0 Å². The highest BCUT2D eigenvalue weighted by atomic mass is 16.6. The van der Waals surface area contributed by atoms with Crippen LogP contribution >= 0.6 is 0 Å². The van der Waals surface area contributed by atoms with Gasteiger partial charge in [-0.15, -0.1) is 0 Å². The molecule has 41 heavy (non-hydrogen) atoms. The van der Waals surface area contributed by atoms with Gasteiger partial charge in [-0.2, -0.15) is 0 Å². The first kappa shape index (κ1) is 30.9. The molecule has 2 aromatic rings. The van der Waals surface area contributed by atoms with Crippen molar-refractivity contribution in [2.75, 3.05) is 13.1 Å². The molecule has 2 atom stereocenters. The van der Waals surface area contributed by atoms with E-state index in [-0.39, 0.29) is 17.8 Å². The molecule has 0 saturated carbocycles. The highest BCUT2D eigenvalue weighted by Crippen LogP contribution is 2.35. The van der Waals surface area contributed by atoms with Crippen molar-refractivity contribution >= 4 is 17.4 Å². The van der Waals surface area contributed by atoms with Crippen molar-refractivity contribution in [3.8, 4) is 11.4 Å². The Morgan fingerprint density at radius 2 is 1.73 bits per heavy atom. The molecule has 1 aliphatic heterocycles. The summed E-state index contributed by atoms with van der Waals surface area (Å²) < 4.78 is 5.42. The number of aromatic nitrogens is 2. The predicted octanol–water partition coefficient (Wildman–Crippen LogP) is 7.67. The van der Waals surface area contributed by atoms with Gasteiger partial charge in [0, 0.05) is 43.0 Å². The average Bonchev–Trinajstić information content (AvgIpc) is 2.92. The Hall–Kier alpha value is -3.02. The Morgan fingerprint density at radius 3 is 2.34 bits per heavy atom. The van der Waals surface area contributed by atoms with E-state index < -0.39 is 5.60 Å². The van der Waals surface area contributed by atoms with Crippen LogP contribution in [0.25, 0.3) is 17.0 Å². The number of hydrogen-bond donors (Lipinski definition) is 0. The zero-order valence-corrected chi connectivity index (χ0v) is 25.8. The van der Waals surface area contributed by atoms with E-state index >= 15 is 0 Å². The zero-order chi connectivity index (χ0) is 29.4. The van der Waals surface area contributed by atoms with Gasteiger partial charge in [-0.1, -0.05) is 69.9 Å². The molecular weight excluding hydrogens is 510 g/mol. The van der Waals surface area contributed by atoms with Crippen molar-refractivity contribution in [2.24, 2.45) is 17.8 Å². The molecule has 1 amide bonds. The van der Waals surface area contributed by atoms with Gasteiger partial charge in [0.1, 0.15) is 5.60 Å². The van der Waals surface area contributed by atoms with E-state index in [1.165, 1.54) is 49.7 Å². The number of allylic oxidation sites excluding steroid dienone is 2. The van der Waals surface area contributed by atoms with Crippen LogP contribution in [-0.4, -0.2) is 45.4 Å². The number of carbonyl (C=O) groups excluding carboxylic acids is 2. The number of rotatable bonds is 12. The van der Waals surface area contributed by atoms with E-state index in [2.05, 4.69) is 54.2 Å². The molecule has 2 aliphatic rings. The zero-order valence-electron chi connectivity index (χ0n) is 25.8. The fourth-order valence-corrected chi connectivity index (χ4v) is 5.87. The molecule has 1 fully saturated rings. The summed E-state index contributed by atoms with van der Waals surface area (Å²) in [7, 11) is 0. The minimum atomic E-state index is -0.490. The van der Waals surface area contributed by atoms with Gasteiger partial charge in [-0.25, -0.2) is 9.97 Å². The summed E-state index contributed by atoms with van der Waals surface area (Å²) in [6.45, 7) is 11.2. The van der Waals surface area contributed by atoms with Gasteiger partial charge in [0.2, 0.25) is 5.91 Å². The van der Waals surface area contributed by atoms with E-state index in [0.717, 1.165) is 48.0 Å². The second-order valence-corrected chi connectivity index (χ2v) is 13.1. The Balaban J connectivity index is 1.19. The molecule has 1 aromatic heterocycles. The molecule has 1 aromatic carbocycles. The molecule has 6 heteroatoms. The molecule has 1 saturated heterocycles. The first-order valence-corrected chi connectivity index (χ1v) is 15.7. The lowest BCUT2D eigenvalue weighted by Gasteiger charge is -2.39. The highest BCUT2D eigenvalue weighted by molar-refractivity contribution is 5.81. The lowest BCUT2D eigenvalue weighted by atomic mass is 9.78. The minimum absolute atomic E-state index is 0.111. The molecule has 0 spiro atoms. The maximum absolute atomic E-state index is 12.5. The van der Waals surface area contributed by atoms with Crippen molar-refractivity contribution in [2.45, 2.75) is 104 Å². The first-order chi connectivity index (χ1) is 19.6. The lowest BCUT2D eigenvalue weighted by Crippen LogP contribution is -2.54. The van der Waals surface area contributed by atoms with Crippen LogP contribution in [0.5, 0.6) is 0 Å². The number of hydrogen-bond acceptors (Lipinski definition) is 5. The number of ether oxygens (including phenoxy) is 1. The quantitative estimate of drug-likeness (QED) is 0.197. The second-order valence-electron chi connectivity index (χ2n) is 13.1. The SMILES string of the molecule is CCCCC[C@@H](C)C1CC=C(c2cnc(-c3ccc(CCCC(=O)N4CC(C(=O)OC(C)(C)C)C4)cc3)nc2)CC1. The third-order valence-electron chi connectivity index (χ3n) is 8.58. The van der Waals surface area contributed by atoms with Gasteiger partial charge in [0.05, 0.1) is 5.92 Å². The minimum Gasteiger partial charge on any atom is -0.460 e. The molecule has 1 aliphatic carbocycles. The fraction of sp³-hybridized carbons (Fsp3) is 0.600. The van der Waals surface area contributed by atoms with Crippen LogP contribution in [0.2, 0.25) is 0 Å². The van der Waals surface area contributed by atoms with E-state index in [4.69, 9.17) is 4.74 Å². The number of carbonyl (C=O) groups is 2. The van der Waals surface area contributed by atoms with Crippen LogP contribution < -0.4 is 0 Å². The standard InChI is InChI=1S/C35H49N3O3/c1-6-7-8-10-25(2)27-17-19-28(20-18-27)30-21-36-33(37-22-30)29-15-13-26(14-16-29)11-9-12-32(39)38-23-31(24-38)34(40)41-35(3,4)5/h13-16,19,21-22,25,27,31H,6-12,17-18,20,23-24H2,1-5H3/t25-,27?/m1/s1. The number of amides is 1. The lowest BCUT2D eigenvalue weighted by molar-refractivity contribution is -0.167. The van der Waals surface area contributed by atoms with Crippen molar-refractivity contribution < 1.29 is 14.3 Å². The van der Waals surface area contributed by atoms with Crippen LogP contribution in [0, 0.1) is 17.8 Å². The van der Waals surface area contributed by atoms with Crippen LogP contribution in [0.1, 0.15) is 104 Å². The monoisotopic (exact) mass is 559 g/mol. The van der Waals surface area contributed by atoms with Gasteiger partial charge in [-0.05, 0) is 75.8 Å². The Kier molecular flexibility index (Phi) is 10.7. The number of unbranched alkanes of at least 4 members (excludes halogenated alkanes) is 2. The number of benzene rings is 1. The number of esters is 1. The Bertz CT molecular complexity index is 1170. The molecule has 0 bridgehead atoms. The molecule has 0 N–H and O–H groups in total.